The molecular weight excluding hydrogens is 292 g/mol. The fraction of sp³-hybridized carbons (Fsp3) is 1.00. The third-order valence-corrected chi connectivity index (χ3v) is 5.52. The molecule has 1 heterocycles. The zero-order valence-electron chi connectivity index (χ0n) is 15.0. The molecule has 0 aromatic carbocycles. The van der Waals surface area contributed by atoms with Gasteiger partial charge in [0.1, 0.15) is 0 Å². The van der Waals surface area contributed by atoms with Gasteiger partial charge in [-0.15, -0.1) is 0 Å². The lowest BCUT2D eigenvalue weighted by Gasteiger charge is -2.34. The summed E-state index contributed by atoms with van der Waals surface area (Å²) >= 11 is 0. The minimum atomic E-state index is -0.819. The molecule has 2 aliphatic rings. The molecule has 140 valence electrons. The van der Waals surface area contributed by atoms with Gasteiger partial charge in [0.2, 0.25) is 0 Å². The van der Waals surface area contributed by atoms with Crippen molar-refractivity contribution in [1.82, 2.24) is 0 Å². The molecule has 0 atom stereocenters. The van der Waals surface area contributed by atoms with Crippen LogP contribution in [0.4, 0.5) is 0 Å². The molecule has 1 spiro atoms. The average molecular weight is 333 g/mol. The molecule has 2 rings (SSSR count). The van der Waals surface area contributed by atoms with Crippen LogP contribution in [-0.2, 0) is 9.47 Å². The van der Waals surface area contributed by atoms with Crippen molar-refractivity contribution in [2.24, 2.45) is 0 Å². The first-order valence-electron chi connectivity index (χ1n) is 9.10. The second-order valence-electron chi connectivity index (χ2n) is 6.84. The lowest BCUT2D eigenvalue weighted by molar-refractivity contribution is -0.205. The van der Waals surface area contributed by atoms with E-state index in [0.29, 0.717) is 12.8 Å². The molecule has 1 aliphatic carbocycles. The molecule has 0 unspecified atom stereocenters. The van der Waals surface area contributed by atoms with Crippen LogP contribution in [0.5, 0.6) is 0 Å². The molecule has 2 N–H and O–H groups in total. The summed E-state index contributed by atoms with van der Waals surface area (Å²) in [6.07, 6.45) is 9.49. The van der Waals surface area contributed by atoms with E-state index in [1.807, 2.05) is 13.8 Å². The highest BCUT2D eigenvalue weighted by molar-refractivity contribution is 4.90. The lowest BCUT2D eigenvalue weighted by atomic mass is 9.93. The zero-order valence-corrected chi connectivity index (χ0v) is 15.0. The third-order valence-electron chi connectivity index (χ3n) is 5.52. The number of aliphatic hydroxyl groups is 2. The normalized spacial score (nSPS) is 22.2. The van der Waals surface area contributed by atoms with Crippen molar-refractivity contribution in [3.8, 4) is 0 Å². The Morgan fingerprint density at radius 1 is 0.957 bits per heavy atom. The average Bonchev–Trinajstić information content (AvgIpc) is 2.94. The van der Waals surface area contributed by atoms with Gasteiger partial charge in [0, 0.05) is 12.8 Å². The van der Waals surface area contributed by atoms with Crippen LogP contribution >= 0.6 is 0 Å². The topological polar surface area (TPSA) is 58.9 Å². The Bertz CT molecular complexity index is 294. The molecule has 1 saturated carbocycles. The van der Waals surface area contributed by atoms with E-state index >= 15 is 0 Å². The largest absolute Gasteiger partial charge is 0.393 e. The molecule has 0 aromatic rings. The van der Waals surface area contributed by atoms with Gasteiger partial charge in [-0.05, 0) is 38.5 Å². The molecule has 1 aliphatic heterocycles. The van der Waals surface area contributed by atoms with E-state index in [1.54, 1.807) is 0 Å². The predicted molar refractivity (Wildman–Crippen MR) is 95.5 cm³/mol. The minimum absolute atomic E-state index is 0. The van der Waals surface area contributed by atoms with Crippen molar-refractivity contribution in [3.63, 3.8) is 0 Å². The summed E-state index contributed by atoms with van der Waals surface area (Å²) in [5.41, 5.74) is -0.794. The molecule has 0 radical (unpaired) electrons. The Morgan fingerprint density at radius 3 is 1.78 bits per heavy atom. The maximum Gasteiger partial charge on any atom is 0.169 e. The number of hydrogen-bond donors (Lipinski definition) is 2. The van der Waals surface area contributed by atoms with Crippen LogP contribution in [0, 0.1) is 0 Å². The second kappa shape index (κ2) is 9.97. The highest BCUT2D eigenvalue weighted by atomic mass is 16.8. The summed E-state index contributed by atoms with van der Waals surface area (Å²) in [5.74, 6) is -0.190. The van der Waals surface area contributed by atoms with Crippen LogP contribution in [0.2, 0.25) is 0 Å². The standard InChI is InChI=1S/C12H22O2.C6H14O2.CH4/c1-3-11(4-2)10-13-12(14-11)8-6-5-7-9-12;1-3-6(8,4-2)5-7;/h3-10H2,1-2H3;7-8H,3-5H2,1-2H3;1H4. The molecule has 1 saturated heterocycles. The molecule has 23 heavy (non-hydrogen) atoms. The predicted octanol–water partition coefficient (Wildman–Crippen LogP) is 4.42. The van der Waals surface area contributed by atoms with Gasteiger partial charge in [0.15, 0.2) is 5.79 Å². The van der Waals surface area contributed by atoms with Gasteiger partial charge < -0.3 is 19.7 Å². The van der Waals surface area contributed by atoms with Crippen LogP contribution in [0.1, 0.15) is 92.9 Å². The number of rotatable bonds is 5. The molecule has 0 bridgehead atoms. The molecule has 4 nitrogen and oxygen atoms in total. The van der Waals surface area contributed by atoms with Crippen molar-refractivity contribution in [2.45, 2.75) is 110 Å². The van der Waals surface area contributed by atoms with E-state index in [-0.39, 0.29) is 25.4 Å². The molecule has 2 fully saturated rings. The minimum Gasteiger partial charge on any atom is -0.393 e. The van der Waals surface area contributed by atoms with Crippen LogP contribution < -0.4 is 0 Å². The lowest BCUT2D eigenvalue weighted by Crippen LogP contribution is -2.37. The fourth-order valence-corrected chi connectivity index (χ4v) is 3.13. The van der Waals surface area contributed by atoms with Crippen LogP contribution in [0.15, 0.2) is 0 Å². The smallest absolute Gasteiger partial charge is 0.169 e. The van der Waals surface area contributed by atoms with Gasteiger partial charge >= 0.3 is 0 Å². The Balaban J connectivity index is 0.000000469. The zero-order chi connectivity index (χ0) is 16.7. The summed E-state index contributed by atoms with van der Waals surface area (Å²) in [6, 6.07) is 0. The van der Waals surface area contributed by atoms with Crippen molar-refractivity contribution < 1.29 is 19.7 Å². The fourth-order valence-electron chi connectivity index (χ4n) is 3.13. The second-order valence-corrected chi connectivity index (χ2v) is 6.84. The summed E-state index contributed by atoms with van der Waals surface area (Å²) in [7, 11) is 0. The van der Waals surface area contributed by atoms with Crippen LogP contribution in [0.25, 0.3) is 0 Å². The quantitative estimate of drug-likeness (QED) is 0.782. The van der Waals surface area contributed by atoms with Gasteiger partial charge in [0.05, 0.1) is 24.4 Å². The van der Waals surface area contributed by atoms with Gasteiger partial charge in [-0.3, -0.25) is 0 Å². The van der Waals surface area contributed by atoms with Gasteiger partial charge in [-0.1, -0.05) is 41.5 Å². The van der Waals surface area contributed by atoms with Crippen LogP contribution in [0.3, 0.4) is 0 Å². The first-order chi connectivity index (χ1) is 10.4. The van der Waals surface area contributed by atoms with Crippen molar-refractivity contribution >= 4 is 0 Å². The Morgan fingerprint density at radius 2 is 1.48 bits per heavy atom. The summed E-state index contributed by atoms with van der Waals surface area (Å²) in [4.78, 5) is 0. The van der Waals surface area contributed by atoms with E-state index in [1.165, 1.54) is 19.3 Å². The Kier molecular flexibility index (Phi) is 9.90. The van der Waals surface area contributed by atoms with E-state index in [2.05, 4.69) is 13.8 Å². The van der Waals surface area contributed by atoms with Crippen molar-refractivity contribution in [3.05, 3.63) is 0 Å². The van der Waals surface area contributed by atoms with E-state index < -0.39 is 5.60 Å². The first kappa shape index (κ1) is 22.8. The molecular formula is C19H40O4. The first-order valence-corrected chi connectivity index (χ1v) is 9.10. The Labute approximate surface area is 143 Å². The summed E-state index contributed by atoms with van der Waals surface area (Å²) < 4.78 is 12.2. The molecule has 4 heteroatoms. The highest BCUT2D eigenvalue weighted by Crippen LogP contribution is 2.44. The van der Waals surface area contributed by atoms with Crippen LogP contribution in [-0.4, -0.2) is 40.4 Å². The molecule has 0 aromatic heterocycles. The van der Waals surface area contributed by atoms with Crippen molar-refractivity contribution in [1.29, 1.82) is 0 Å². The number of ether oxygens (including phenoxy) is 2. The maximum absolute atomic E-state index is 9.19. The third kappa shape index (κ3) is 6.00. The monoisotopic (exact) mass is 332 g/mol. The van der Waals surface area contributed by atoms with E-state index in [4.69, 9.17) is 14.6 Å². The Hall–Kier alpha value is -0.160. The SMILES string of the molecule is C.CCC(O)(CC)CO.CCC1(CC)COC2(CCCCC2)O1. The van der Waals surface area contributed by atoms with Gasteiger partial charge in [-0.2, -0.15) is 0 Å². The summed E-state index contributed by atoms with van der Waals surface area (Å²) in [5, 5.41) is 17.7. The van der Waals surface area contributed by atoms with Crippen molar-refractivity contribution in [2.75, 3.05) is 13.2 Å². The van der Waals surface area contributed by atoms with E-state index in [0.717, 1.165) is 32.3 Å². The molecule has 0 amide bonds. The highest BCUT2D eigenvalue weighted by Gasteiger charge is 2.48. The van der Waals surface area contributed by atoms with Gasteiger partial charge in [-0.25, -0.2) is 0 Å². The number of hydrogen-bond acceptors (Lipinski definition) is 4. The summed E-state index contributed by atoms with van der Waals surface area (Å²) in [6.45, 7) is 8.81. The maximum atomic E-state index is 9.19. The van der Waals surface area contributed by atoms with E-state index in [9.17, 15) is 5.11 Å². The number of aliphatic hydroxyl groups excluding tert-OH is 1. The van der Waals surface area contributed by atoms with Gasteiger partial charge in [0.25, 0.3) is 0 Å².